The number of benzene rings is 1. The van der Waals surface area contributed by atoms with E-state index in [4.69, 9.17) is 4.42 Å². The Hall–Kier alpha value is -3.39. The second-order valence-electron chi connectivity index (χ2n) is 8.43. The predicted molar refractivity (Wildman–Crippen MR) is 130 cm³/mol. The van der Waals surface area contributed by atoms with Crippen LogP contribution in [0, 0.1) is 0 Å². The normalized spacial score (nSPS) is 14.8. The molecular weight excluding hydrogens is 450 g/mol. The highest BCUT2D eigenvalue weighted by atomic mass is 32.1. The summed E-state index contributed by atoms with van der Waals surface area (Å²) in [5.74, 6) is -0.559. The van der Waals surface area contributed by atoms with Crippen molar-refractivity contribution in [1.29, 1.82) is 0 Å². The summed E-state index contributed by atoms with van der Waals surface area (Å²) in [6.45, 7) is -0.0184. The Labute approximate surface area is 203 Å². The third-order valence-electron chi connectivity index (χ3n) is 5.99. The Kier molecular flexibility index (Phi) is 8.14. The van der Waals surface area contributed by atoms with E-state index in [1.165, 1.54) is 28.9 Å². The van der Waals surface area contributed by atoms with E-state index >= 15 is 0 Å². The van der Waals surface area contributed by atoms with E-state index in [9.17, 15) is 14.4 Å². The third kappa shape index (κ3) is 6.14. The van der Waals surface area contributed by atoms with Gasteiger partial charge in [0.2, 0.25) is 5.91 Å². The molecule has 2 aromatic heterocycles. The van der Waals surface area contributed by atoms with Crippen LogP contribution < -0.4 is 10.6 Å². The lowest BCUT2D eigenvalue weighted by atomic mass is 9.95. The molecule has 0 spiro atoms. The van der Waals surface area contributed by atoms with Gasteiger partial charge in [0, 0.05) is 12.6 Å². The van der Waals surface area contributed by atoms with Gasteiger partial charge < -0.3 is 20.0 Å². The maximum absolute atomic E-state index is 13.5. The van der Waals surface area contributed by atoms with Crippen LogP contribution in [0.4, 0.5) is 0 Å². The number of nitrogens with zero attached hydrogens (tertiary/aromatic N) is 1. The van der Waals surface area contributed by atoms with Gasteiger partial charge >= 0.3 is 0 Å². The monoisotopic (exact) mass is 479 g/mol. The van der Waals surface area contributed by atoms with E-state index < -0.39 is 6.04 Å². The van der Waals surface area contributed by atoms with Crippen molar-refractivity contribution in [2.24, 2.45) is 0 Å². The minimum Gasteiger partial charge on any atom is -0.467 e. The first-order valence-corrected chi connectivity index (χ1v) is 12.5. The highest BCUT2D eigenvalue weighted by Gasteiger charge is 2.35. The molecule has 0 saturated heterocycles. The molecule has 3 amide bonds. The standard InChI is InChI=1S/C26H29N3O4S/c30-23(17-27-25(31)22-14-8-16-34-22)29(18-19-9-3-1-4-10-19)24(21-13-7-15-33-21)26(32)28-20-11-5-2-6-12-20/h1,3-4,7-10,13-16,20,24H,2,5-6,11-12,17-18H2,(H,27,31)(H,28,32)/t24-/m0/s1. The molecule has 2 heterocycles. The summed E-state index contributed by atoms with van der Waals surface area (Å²) in [6, 6.07) is 15.5. The Balaban J connectivity index is 1.57. The van der Waals surface area contributed by atoms with Crippen LogP contribution in [0.25, 0.3) is 0 Å². The number of carbonyl (C=O) groups is 3. The van der Waals surface area contributed by atoms with Crippen LogP contribution in [0.2, 0.25) is 0 Å². The SMILES string of the molecule is O=C(NCC(=O)N(Cc1ccccc1)[C@H](C(=O)NC1CCCCC1)c1ccco1)c1cccs1. The summed E-state index contributed by atoms with van der Waals surface area (Å²) in [6.07, 6.45) is 6.70. The zero-order valence-electron chi connectivity index (χ0n) is 18.9. The fourth-order valence-corrected chi connectivity index (χ4v) is 4.89. The summed E-state index contributed by atoms with van der Waals surface area (Å²) < 4.78 is 5.62. The van der Waals surface area contributed by atoms with Gasteiger partial charge in [-0.3, -0.25) is 14.4 Å². The molecule has 1 atom stereocenters. The van der Waals surface area contributed by atoms with Crippen LogP contribution in [0.15, 0.2) is 70.7 Å². The fraction of sp³-hybridized carbons (Fsp3) is 0.346. The Morgan fingerprint density at radius 2 is 1.79 bits per heavy atom. The Bertz CT molecular complexity index is 1060. The number of hydrogen-bond acceptors (Lipinski definition) is 5. The zero-order valence-corrected chi connectivity index (χ0v) is 19.8. The number of thiophene rings is 1. The lowest BCUT2D eigenvalue weighted by Gasteiger charge is -2.32. The van der Waals surface area contributed by atoms with Gasteiger partial charge in [-0.05, 0) is 42.0 Å². The van der Waals surface area contributed by atoms with E-state index in [0.29, 0.717) is 10.6 Å². The van der Waals surface area contributed by atoms with Crippen LogP contribution in [-0.2, 0) is 16.1 Å². The number of amides is 3. The molecular formula is C26H29N3O4S. The largest absolute Gasteiger partial charge is 0.467 e. The molecule has 0 aliphatic heterocycles. The summed E-state index contributed by atoms with van der Waals surface area (Å²) in [5, 5.41) is 7.63. The van der Waals surface area contributed by atoms with E-state index in [2.05, 4.69) is 10.6 Å². The van der Waals surface area contributed by atoms with Gasteiger partial charge in [-0.2, -0.15) is 0 Å². The molecule has 0 radical (unpaired) electrons. The van der Waals surface area contributed by atoms with Gasteiger partial charge in [0.15, 0.2) is 6.04 Å². The fourth-order valence-electron chi connectivity index (χ4n) is 4.25. The molecule has 1 aliphatic carbocycles. The molecule has 178 valence electrons. The van der Waals surface area contributed by atoms with E-state index in [-0.39, 0.29) is 36.9 Å². The summed E-state index contributed by atoms with van der Waals surface area (Å²) in [7, 11) is 0. The van der Waals surface area contributed by atoms with Crippen molar-refractivity contribution < 1.29 is 18.8 Å². The molecule has 1 aliphatic rings. The van der Waals surface area contributed by atoms with Crippen molar-refractivity contribution in [2.45, 2.75) is 50.7 Å². The lowest BCUT2D eigenvalue weighted by molar-refractivity contribution is -0.142. The number of carbonyl (C=O) groups excluding carboxylic acids is 3. The predicted octanol–water partition coefficient (Wildman–Crippen LogP) is 4.29. The molecule has 1 saturated carbocycles. The first kappa shape index (κ1) is 23.8. The number of nitrogens with one attached hydrogen (secondary N) is 2. The second kappa shape index (κ2) is 11.7. The molecule has 34 heavy (non-hydrogen) atoms. The average Bonchev–Trinajstić information content (AvgIpc) is 3.58. The number of furan rings is 1. The van der Waals surface area contributed by atoms with E-state index in [1.54, 1.807) is 29.6 Å². The van der Waals surface area contributed by atoms with Crippen molar-refractivity contribution >= 4 is 29.1 Å². The second-order valence-corrected chi connectivity index (χ2v) is 9.38. The summed E-state index contributed by atoms with van der Waals surface area (Å²) >= 11 is 1.31. The van der Waals surface area contributed by atoms with Crippen molar-refractivity contribution in [3.05, 3.63) is 82.4 Å². The van der Waals surface area contributed by atoms with Gasteiger partial charge in [0.1, 0.15) is 5.76 Å². The van der Waals surface area contributed by atoms with Gasteiger partial charge in [0.05, 0.1) is 17.7 Å². The quantitative estimate of drug-likeness (QED) is 0.479. The first-order valence-electron chi connectivity index (χ1n) is 11.6. The third-order valence-corrected chi connectivity index (χ3v) is 6.85. The van der Waals surface area contributed by atoms with Gasteiger partial charge in [0.25, 0.3) is 11.8 Å². The number of hydrogen-bond donors (Lipinski definition) is 2. The van der Waals surface area contributed by atoms with E-state index in [1.807, 2.05) is 30.3 Å². The van der Waals surface area contributed by atoms with Gasteiger partial charge in [-0.15, -0.1) is 11.3 Å². The van der Waals surface area contributed by atoms with E-state index in [0.717, 1.165) is 31.2 Å². The highest BCUT2D eigenvalue weighted by Crippen LogP contribution is 2.26. The maximum Gasteiger partial charge on any atom is 0.261 e. The van der Waals surface area contributed by atoms with Crippen molar-refractivity contribution in [3.8, 4) is 0 Å². The van der Waals surface area contributed by atoms with Gasteiger partial charge in [-0.1, -0.05) is 55.7 Å². The smallest absolute Gasteiger partial charge is 0.261 e. The van der Waals surface area contributed by atoms with Gasteiger partial charge in [-0.25, -0.2) is 0 Å². The van der Waals surface area contributed by atoms with Crippen LogP contribution in [0.3, 0.4) is 0 Å². The van der Waals surface area contributed by atoms with Crippen LogP contribution in [0.1, 0.15) is 59.1 Å². The zero-order chi connectivity index (χ0) is 23.8. The van der Waals surface area contributed by atoms with Crippen LogP contribution in [0.5, 0.6) is 0 Å². The highest BCUT2D eigenvalue weighted by molar-refractivity contribution is 7.12. The van der Waals surface area contributed by atoms with Crippen LogP contribution >= 0.6 is 11.3 Å². The average molecular weight is 480 g/mol. The van der Waals surface area contributed by atoms with Crippen molar-refractivity contribution in [3.63, 3.8) is 0 Å². The lowest BCUT2D eigenvalue weighted by Crippen LogP contribution is -2.49. The Morgan fingerprint density at radius 1 is 1.00 bits per heavy atom. The minimum atomic E-state index is -0.941. The number of rotatable bonds is 9. The molecule has 0 unspecified atom stereocenters. The first-order chi connectivity index (χ1) is 16.6. The molecule has 0 bridgehead atoms. The Morgan fingerprint density at radius 3 is 2.47 bits per heavy atom. The molecule has 1 aromatic carbocycles. The molecule has 4 rings (SSSR count). The molecule has 8 heteroatoms. The van der Waals surface area contributed by atoms with Crippen molar-refractivity contribution in [1.82, 2.24) is 15.5 Å². The molecule has 2 N–H and O–H groups in total. The molecule has 1 fully saturated rings. The minimum absolute atomic E-state index is 0.0888. The van der Waals surface area contributed by atoms with Crippen LogP contribution in [-0.4, -0.2) is 35.2 Å². The summed E-state index contributed by atoms with van der Waals surface area (Å²) in [4.78, 5) is 41.4. The molecule has 3 aromatic rings. The van der Waals surface area contributed by atoms with Crippen molar-refractivity contribution in [2.75, 3.05) is 6.54 Å². The molecule has 7 nitrogen and oxygen atoms in total. The topological polar surface area (TPSA) is 91.7 Å². The summed E-state index contributed by atoms with van der Waals surface area (Å²) in [5.41, 5.74) is 0.877. The maximum atomic E-state index is 13.5.